The van der Waals surface area contributed by atoms with Crippen molar-refractivity contribution in [2.24, 2.45) is 0 Å². The van der Waals surface area contributed by atoms with Gasteiger partial charge in [0.2, 0.25) is 0 Å². The average molecular weight is 482 g/mol. The lowest BCUT2D eigenvalue weighted by atomic mass is 10.1. The molecule has 3 amide bonds. The Bertz CT molecular complexity index is 445. The third-order valence-electron chi connectivity index (χ3n) is 6.62. The lowest BCUT2D eigenvalue weighted by Gasteiger charge is -2.23. The molecule has 0 aromatic heterocycles. The van der Waals surface area contributed by atoms with E-state index in [1.54, 1.807) is 18.4 Å². The molecule has 0 N–H and O–H groups in total. The van der Waals surface area contributed by atoms with Crippen molar-refractivity contribution in [2.45, 2.75) is 142 Å². The summed E-state index contributed by atoms with van der Waals surface area (Å²) in [6.45, 7) is 6.57. The zero-order valence-electron chi connectivity index (χ0n) is 23.1. The van der Waals surface area contributed by atoms with Crippen LogP contribution in [0.2, 0.25) is 0 Å². The van der Waals surface area contributed by atoms with Crippen LogP contribution < -0.4 is 0 Å². The number of hydrogen-bond donors (Lipinski definition) is 0. The molecule has 0 unspecified atom stereocenters. The highest BCUT2D eigenvalue weighted by molar-refractivity contribution is 5.84. The molecule has 0 atom stereocenters. The monoisotopic (exact) mass is 481 g/mol. The molecule has 0 aromatic carbocycles. The number of hydrogen-bond acceptors (Lipinski definition) is 3. The first-order chi connectivity index (χ1) is 16.7. The van der Waals surface area contributed by atoms with Crippen LogP contribution in [0.15, 0.2) is 0 Å². The fourth-order valence-corrected chi connectivity index (χ4v) is 4.27. The zero-order valence-corrected chi connectivity index (χ0v) is 23.1. The van der Waals surface area contributed by atoms with Gasteiger partial charge in [0.05, 0.1) is 13.2 Å². The SMILES string of the molecule is CCCCCCCCCCCCOCCN([C]=O)C(=O)N(C)CCCCCCCCCCCC. The molecule has 5 nitrogen and oxygen atoms in total. The molecular formula is C29H57N2O3. The molecule has 0 fully saturated rings. The number of rotatable bonds is 26. The Morgan fingerprint density at radius 2 is 1.00 bits per heavy atom. The van der Waals surface area contributed by atoms with Crippen LogP contribution in [0.3, 0.4) is 0 Å². The quantitative estimate of drug-likeness (QED) is 0.0922. The van der Waals surface area contributed by atoms with E-state index in [1.807, 2.05) is 0 Å². The van der Waals surface area contributed by atoms with Crippen LogP contribution in [-0.2, 0) is 9.53 Å². The summed E-state index contributed by atoms with van der Waals surface area (Å²) in [6, 6.07) is -0.270. The normalized spacial score (nSPS) is 11.0. The Hall–Kier alpha value is -1.10. The number of unbranched alkanes of at least 4 members (excludes halogenated alkanes) is 18. The number of carbonyl (C=O) groups excluding carboxylic acids is 2. The van der Waals surface area contributed by atoms with E-state index in [2.05, 4.69) is 13.8 Å². The molecule has 0 heterocycles. The fraction of sp³-hybridized carbons (Fsp3) is 0.931. The Labute approximate surface area is 212 Å². The molecule has 0 aliphatic carbocycles. The van der Waals surface area contributed by atoms with E-state index in [1.165, 1.54) is 109 Å². The van der Waals surface area contributed by atoms with E-state index in [9.17, 15) is 9.59 Å². The molecule has 0 aliphatic rings. The average Bonchev–Trinajstić information content (AvgIpc) is 2.85. The van der Waals surface area contributed by atoms with Crippen LogP contribution in [0.4, 0.5) is 4.79 Å². The summed E-state index contributed by atoms with van der Waals surface area (Å²) in [5.41, 5.74) is 0. The topological polar surface area (TPSA) is 49.9 Å². The molecular weight excluding hydrogens is 424 g/mol. The highest BCUT2D eigenvalue weighted by atomic mass is 16.5. The van der Waals surface area contributed by atoms with Gasteiger partial charge in [-0.3, -0.25) is 9.69 Å². The summed E-state index contributed by atoms with van der Waals surface area (Å²) in [5, 5.41) is 0. The van der Waals surface area contributed by atoms with Gasteiger partial charge < -0.3 is 9.64 Å². The van der Waals surface area contributed by atoms with E-state index in [-0.39, 0.29) is 12.6 Å². The third kappa shape index (κ3) is 21.4. The molecule has 0 saturated carbocycles. The second kappa shape index (κ2) is 26.5. The Morgan fingerprint density at radius 1 is 0.588 bits per heavy atom. The summed E-state index contributed by atoms with van der Waals surface area (Å²) in [4.78, 5) is 26.4. The van der Waals surface area contributed by atoms with Crippen LogP contribution in [0.25, 0.3) is 0 Å². The lowest BCUT2D eigenvalue weighted by molar-refractivity contribution is 0.113. The second-order valence-electron chi connectivity index (χ2n) is 9.92. The van der Waals surface area contributed by atoms with Crippen LogP contribution in [0.5, 0.6) is 0 Å². The predicted molar refractivity (Wildman–Crippen MR) is 145 cm³/mol. The molecule has 0 spiro atoms. The van der Waals surface area contributed by atoms with Crippen molar-refractivity contribution in [1.82, 2.24) is 9.80 Å². The maximum absolute atomic E-state index is 12.4. The molecule has 1 radical (unpaired) electrons. The number of ether oxygens (including phenoxy) is 1. The van der Waals surface area contributed by atoms with Crippen LogP contribution in [0.1, 0.15) is 142 Å². The molecule has 0 rings (SSSR count). The highest BCUT2D eigenvalue weighted by Crippen LogP contribution is 2.12. The summed E-state index contributed by atoms with van der Waals surface area (Å²) in [6.07, 6.45) is 27.5. The highest BCUT2D eigenvalue weighted by Gasteiger charge is 2.17. The molecule has 201 valence electrons. The Balaban J connectivity index is 3.60. The maximum atomic E-state index is 12.4. The molecule has 0 saturated heterocycles. The van der Waals surface area contributed by atoms with Gasteiger partial charge in [0.15, 0.2) is 0 Å². The summed E-state index contributed by atoms with van der Waals surface area (Å²) < 4.78 is 5.64. The molecule has 0 aliphatic heterocycles. The maximum Gasteiger partial charge on any atom is 0.326 e. The Morgan fingerprint density at radius 3 is 1.44 bits per heavy atom. The van der Waals surface area contributed by atoms with Gasteiger partial charge in [-0.25, -0.2) is 4.79 Å². The van der Waals surface area contributed by atoms with Gasteiger partial charge >= 0.3 is 12.4 Å². The molecule has 0 aromatic rings. The molecule has 34 heavy (non-hydrogen) atoms. The zero-order chi connectivity index (χ0) is 25.1. The first kappa shape index (κ1) is 32.9. The van der Waals surface area contributed by atoms with Gasteiger partial charge in [0.25, 0.3) is 0 Å². The van der Waals surface area contributed by atoms with E-state index in [0.29, 0.717) is 19.8 Å². The number of carbonyl (C=O) groups is 1. The Kier molecular flexibility index (Phi) is 25.6. The van der Waals surface area contributed by atoms with Crippen molar-refractivity contribution in [1.29, 1.82) is 0 Å². The number of imide groups is 1. The minimum Gasteiger partial charge on any atom is -0.380 e. The van der Waals surface area contributed by atoms with Gasteiger partial charge in [-0.15, -0.1) is 0 Å². The summed E-state index contributed by atoms with van der Waals surface area (Å²) in [5.74, 6) is 0. The molecule has 5 heteroatoms. The first-order valence-electron chi connectivity index (χ1n) is 14.7. The minimum atomic E-state index is -0.270. The lowest BCUT2D eigenvalue weighted by Crippen LogP contribution is -2.42. The smallest absolute Gasteiger partial charge is 0.326 e. The van der Waals surface area contributed by atoms with Crippen LogP contribution >= 0.6 is 0 Å². The summed E-state index contributed by atoms with van der Waals surface area (Å²) >= 11 is 0. The van der Waals surface area contributed by atoms with Crippen molar-refractivity contribution in [2.75, 3.05) is 33.4 Å². The van der Waals surface area contributed by atoms with E-state index < -0.39 is 0 Å². The third-order valence-corrected chi connectivity index (χ3v) is 6.62. The predicted octanol–water partition coefficient (Wildman–Crippen LogP) is 8.27. The van der Waals surface area contributed by atoms with Crippen molar-refractivity contribution < 1.29 is 14.3 Å². The fourth-order valence-electron chi connectivity index (χ4n) is 4.27. The van der Waals surface area contributed by atoms with Gasteiger partial charge in [-0.1, -0.05) is 129 Å². The van der Waals surface area contributed by atoms with E-state index in [4.69, 9.17) is 4.74 Å². The van der Waals surface area contributed by atoms with Crippen molar-refractivity contribution in [3.63, 3.8) is 0 Å². The standard InChI is InChI=1S/C29H57N2O3/c1-4-6-8-10-12-14-16-18-20-22-24-30(3)29(33)31(28-32)25-27-34-26-23-21-19-17-15-13-11-9-7-5-2/h4-27H2,1-3H3. The van der Waals surface area contributed by atoms with Gasteiger partial charge in [0, 0.05) is 20.2 Å². The van der Waals surface area contributed by atoms with Crippen molar-refractivity contribution >= 4 is 12.4 Å². The second-order valence-corrected chi connectivity index (χ2v) is 9.92. The van der Waals surface area contributed by atoms with Gasteiger partial charge in [-0.05, 0) is 12.8 Å². The largest absolute Gasteiger partial charge is 0.380 e. The van der Waals surface area contributed by atoms with Gasteiger partial charge in [0.1, 0.15) is 0 Å². The first-order valence-corrected chi connectivity index (χ1v) is 14.7. The number of amides is 3. The number of urea groups is 1. The van der Waals surface area contributed by atoms with Crippen LogP contribution in [-0.4, -0.2) is 55.6 Å². The molecule has 0 bridgehead atoms. The van der Waals surface area contributed by atoms with Crippen molar-refractivity contribution in [3.05, 3.63) is 0 Å². The summed E-state index contributed by atoms with van der Waals surface area (Å²) in [7, 11) is 1.77. The van der Waals surface area contributed by atoms with E-state index in [0.717, 1.165) is 24.2 Å². The van der Waals surface area contributed by atoms with Crippen LogP contribution in [0, 0.1) is 0 Å². The van der Waals surface area contributed by atoms with E-state index >= 15 is 0 Å². The minimum absolute atomic E-state index is 0.270. The van der Waals surface area contributed by atoms with Gasteiger partial charge in [-0.2, -0.15) is 0 Å². The van der Waals surface area contributed by atoms with Crippen molar-refractivity contribution in [3.8, 4) is 0 Å². The number of nitrogens with zero attached hydrogens (tertiary/aromatic N) is 2.